The molecule has 84 valence electrons. The molecule has 0 saturated heterocycles. The van der Waals surface area contributed by atoms with Crippen molar-refractivity contribution in [2.75, 3.05) is 0 Å². The minimum absolute atomic E-state index is 0. The Morgan fingerprint density at radius 1 is 0.769 bits per heavy atom. The molecule has 0 aliphatic rings. The van der Waals surface area contributed by atoms with Crippen LogP contribution in [0.25, 0.3) is 0 Å². The molecule has 0 heterocycles. The second-order valence-electron chi connectivity index (χ2n) is 0.685. The van der Waals surface area contributed by atoms with Gasteiger partial charge in [-0.15, -0.1) is 10.1 Å². The van der Waals surface area contributed by atoms with Crippen molar-refractivity contribution in [3.8, 4) is 0 Å². The van der Waals surface area contributed by atoms with Gasteiger partial charge in [-0.3, -0.25) is 0 Å². The Hall–Kier alpha value is -1.15. The van der Waals surface area contributed by atoms with E-state index < -0.39 is 15.3 Å². The van der Waals surface area contributed by atoms with Crippen LogP contribution in [-0.4, -0.2) is 20.5 Å². The zero-order valence-corrected chi connectivity index (χ0v) is 7.20. The largest absolute Gasteiger partial charge is 0.356 e. The van der Waals surface area contributed by atoms with Crippen LogP contribution < -0.4 is 0 Å². The Bertz CT molecular complexity index is 112. The zero-order chi connectivity index (χ0) is 10.7. The van der Waals surface area contributed by atoms with E-state index in [-0.39, 0.29) is 37.3 Å². The minimum atomic E-state index is -1.75. The molecule has 0 aliphatic carbocycles. The summed E-state index contributed by atoms with van der Waals surface area (Å²) in [6, 6.07) is 0. The van der Waals surface area contributed by atoms with E-state index in [2.05, 4.69) is 0 Å². The second kappa shape index (κ2) is 17.1. The van der Waals surface area contributed by atoms with Crippen LogP contribution in [0.4, 0.5) is 0 Å². The molecule has 13 heavy (non-hydrogen) atoms. The van der Waals surface area contributed by atoms with Crippen molar-refractivity contribution in [2.45, 2.75) is 0 Å². The van der Waals surface area contributed by atoms with Crippen LogP contribution in [0, 0.1) is 78.1 Å². The predicted molar refractivity (Wildman–Crippen MR) is 29.5 cm³/mol. The zero-order valence-electron chi connectivity index (χ0n) is 5.34. The topological polar surface area (TPSA) is 196 Å². The molecule has 13 heteroatoms. The smallest absolute Gasteiger partial charge is 0.291 e. The van der Waals surface area contributed by atoms with Gasteiger partial charge in [0.25, 0.3) is 5.09 Å². The van der Waals surface area contributed by atoms with Crippen molar-refractivity contribution in [3.63, 3.8) is 0 Å². The Morgan fingerprint density at radius 3 is 0.769 bits per heavy atom. The first kappa shape index (κ1) is 22.6. The van der Waals surface area contributed by atoms with Crippen LogP contribution in [0.2, 0.25) is 0 Å². The van der Waals surface area contributed by atoms with Crippen molar-refractivity contribution < 1.29 is 57.8 Å². The first-order valence-electron chi connectivity index (χ1n) is 1.66. The molecule has 0 amide bonds. The summed E-state index contributed by atoms with van der Waals surface area (Å²) < 4.78 is 0. The molecule has 0 aromatic heterocycles. The fourth-order valence-electron chi connectivity index (χ4n) is 0. The van der Waals surface area contributed by atoms with Gasteiger partial charge >= 0.3 is 0 Å². The van der Waals surface area contributed by atoms with E-state index in [4.69, 9.17) is 46.0 Å². The third-order valence-electron chi connectivity index (χ3n) is 0. The van der Waals surface area contributed by atoms with E-state index in [9.17, 15) is 0 Å². The predicted octanol–water partition coefficient (Wildman–Crippen LogP) is -0.826. The normalized spacial score (nSPS) is 5.54. The molecule has 1 N–H and O–H groups in total. The Kier molecular flexibility index (Phi) is 29.7. The van der Waals surface area contributed by atoms with Gasteiger partial charge in [-0.1, -0.05) is 0 Å². The molecule has 0 atom stereocenters. The van der Waals surface area contributed by atoms with E-state index in [0.717, 1.165) is 0 Å². The van der Waals surface area contributed by atoms with Gasteiger partial charge in [-0.25, -0.2) is 0 Å². The summed E-state index contributed by atoms with van der Waals surface area (Å²) in [7, 11) is 0. The molecular weight excluding hydrogens is 353 g/mol. The Balaban J connectivity index is -0.0000000450. The van der Waals surface area contributed by atoms with Crippen LogP contribution >= 0.6 is 0 Å². The standard InChI is InChI=1S/Er.HNO3.2NO3/c;3*2-1(3)4/h;(H,2,3,4);;/q;;2*-1. The van der Waals surface area contributed by atoms with Crippen molar-refractivity contribution in [1.29, 1.82) is 0 Å². The number of rotatable bonds is 0. The molecule has 0 aliphatic heterocycles. The molecule has 0 rings (SSSR count). The van der Waals surface area contributed by atoms with Gasteiger partial charge in [0.15, 0.2) is 0 Å². The van der Waals surface area contributed by atoms with Gasteiger partial charge in [0.2, 0.25) is 0 Å². The van der Waals surface area contributed by atoms with Crippen LogP contribution in [-0.2, 0) is 0 Å². The first-order chi connectivity index (χ1) is 5.20. The molecule has 0 bridgehead atoms. The molecule has 0 saturated carbocycles. The van der Waals surface area contributed by atoms with Crippen LogP contribution in [0.1, 0.15) is 0 Å². The van der Waals surface area contributed by atoms with Crippen LogP contribution in [0.5, 0.6) is 0 Å². The molecule has 12 nitrogen and oxygen atoms in total. The second-order valence-corrected chi connectivity index (χ2v) is 0.685. The maximum Gasteiger partial charge on any atom is 0.291 e. The third-order valence-corrected chi connectivity index (χ3v) is 0. The van der Waals surface area contributed by atoms with E-state index in [0.29, 0.717) is 0 Å². The summed E-state index contributed by atoms with van der Waals surface area (Å²) in [5.74, 6) is 0. The number of hydrogen-bond acceptors (Lipinski definition) is 8. The molecule has 0 radical (unpaired) electrons. The maximum atomic E-state index is 8.36. The van der Waals surface area contributed by atoms with E-state index in [1.165, 1.54) is 0 Å². The molecule has 0 spiro atoms. The quantitative estimate of drug-likeness (QED) is 0.426. The van der Waals surface area contributed by atoms with Crippen LogP contribution in [0.15, 0.2) is 0 Å². The van der Waals surface area contributed by atoms with E-state index in [1.54, 1.807) is 0 Å². The monoisotopic (exact) mass is 353 g/mol. The van der Waals surface area contributed by atoms with E-state index >= 15 is 0 Å². The first-order valence-corrected chi connectivity index (χ1v) is 1.66. The summed E-state index contributed by atoms with van der Waals surface area (Å²) in [5, 5.41) is 43.1. The maximum absolute atomic E-state index is 8.36. The van der Waals surface area contributed by atoms with Gasteiger partial charge < -0.3 is 35.9 Å². The molecular formula is HErN3O9-2. The van der Waals surface area contributed by atoms with Gasteiger partial charge in [-0.05, 0) is 0 Å². The fourth-order valence-corrected chi connectivity index (χ4v) is 0. The average molecular weight is 354 g/mol. The van der Waals surface area contributed by atoms with Gasteiger partial charge in [0.05, 0.1) is 10.2 Å². The molecule has 0 aromatic carbocycles. The number of hydrogen-bond donors (Lipinski definition) is 1. The van der Waals surface area contributed by atoms with Gasteiger partial charge in [-0.2, -0.15) is 0 Å². The van der Waals surface area contributed by atoms with Gasteiger partial charge in [0, 0.05) is 37.3 Å². The Morgan fingerprint density at radius 2 is 0.769 bits per heavy atom. The van der Waals surface area contributed by atoms with E-state index in [1.807, 2.05) is 0 Å². The van der Waals surface area contributed by atoms with Gasteiger partial charge in [0.1, 0.15) is 0 Å². The summed E-state index contributed by atoms with van der Waals surface area (Å²) in [6.07, 6.45) is 0. The SMILES string of the molecule is O=[N+]([O-])O.O=[N+]([O-])[O-].O=[N+]([O-])[O-].[Er]. The average Bonchev–Trinajstić information content (AvgIpc) is 1.54. The number of nitrogens with zero attached hydrogens (tertiary/aromatic N) is 3. The fraction of sp³-hybridized carbons (Fsp3) is 0. The van der Waals surface area contributed by atoms with Crippen molar-refractivity contribution in [2.24, 2.45) is 0 Å². The molecule has 0 unspecified atom stereocenters. The summed E-state index contributed by atoms with van der Waals surface area (Å²) >= 11 is 0. The van der Waals surface area contributed by atoms with Crippen molar-refractivity contribution >= 4 is 0 Å². The Labute approximate surface area is 98.3 Å². The van der Waals surface area contributed by atoms with Crippen LogP contribution in [0.3, 0.4) is 0 Å². The van der Waals surface area contributed by atoms with Crippen molar-refractivity contribution in [3.05, 3.63) is 40.8 Å². The molecule has 0 aromatic rings. The summed E-state index contributed by atoms with van der Waals surface area (Å²) in [4.78, 5) is 24.9. The molecule has 0 fully saturated rings. The summed E-state index contributed by atoms with van der Waals surface area (Å²) in [6.45, 7) is 0. The van der Waals surface area contributed by atoms with Crippen molar-refractivity contribution in [1.82, 2.24) is 0 Å². The third kappa shape index (κ3) is 638. The summed E-state index contributed by atoms with van der Waals surface area (Å²) in [5.41, 5.74) is 0. The minimum Gasteiger partial charge on any atom is -0.356 e.